The molecule has 5 nitrogen and oxygen atoms in total. The van der Waals surface area contributed by atoms with Crippen molar-refractivity contribution >= 4 is 0 Å². The predicted octanol–water partition coefficient (Wildman–Crippen LogP) is 3.22. The van der Waals surface area contributed by atoms with Crippen LogP contribution in [0.5, 0.6) is 5.88 Å². The lowest BCUT2D eigenvalue weighted by molar-refractivity contribution is -0.0190. The van der Waals surface area contributed by atoms with Crippen molar-refractivity contribution in [2.45, 2.75) is 51.6 Å². The minimum Gasteiger partial charge on any atom is -0.472 e. The minimum absolute atomic E-state index is 0.127. The van der Waals surface area contributed by atoms with E-state index in [9.17, 15) is 9.59 Å². The van der Waals surface area contributed by atoms with Crippen molar-refractivity contribution in [3.8, 4) is 11.6 Å². The van der Waals surface area contributed by atoms with E-state index in [2.05, 4.69) is 25.8 Å². The Morgan fingerprint density at radius 3 is 2.60 bits per heavy atom. The standard InChI is InChI=1S/C20H24N2O3/c1-12-9-10-15-14(11-12)16-17(25-20(15,2)3)21-19(24)22(18(16)23)13-7-5-4-6-8-13/h4-8,12,14-15H,9-11H2,1-3H3,(H,21,24)/t12-,14+,15+/m0/s1. The zero-order chi connectivity index (χ0) is 17.8. The summed E-state index contributed by atoms with van der Waals surface area (Å²) in [6, 6.07) is 9.07. The molecule has 1 aliphatic carbocycles. The Balaban J connectivity index is 1.95. The van der Waals surface area contributed by atoms with Crippen LogP contribution in [0.1, 0.15) is 51.5 Å². The zero-order valence-electron chi connectivity index (χ0n) is 14.9. The lowest BCUT2D eigenvalue weighted by atomic mass is 9.65. The molecule has 0 amide bonds. The second kappa shape index (κ2) is 5.61. The number of nitrogens with one attached hydrogen (secondary N) is 1. The van der Waals surface area contributed by atoms with Crippen LogP contribution in [0.3, 0.4) is 0 Å². The van der Waals surface area contributed by atoms with Crippen LogP contribution in [0.15, 0.2) is 39.9 Å². The number of aromatic amines is 1. The van der Waals surface area contributed by atoms with Crippen LogP contribution >= 0.6 is 0 Å². The van der Waals surface area contributed by atoms with Gasteiger partial charge in [0.25, 0.3) is 5.56 Å². The third-order valence-corrected chi connectivity index (χ3v) is 5.86. The molecule has 0 saturated heterocycles. The first-order chi connectivity index (χ1) is 11.9. The Kier molecular flexibility index (Phi) is 3.63. The Morgan fingerprint density at radius 1 is 1.16 bits per heavy atom. The van der Waals surface area contributed by atoms with Crippen LogP contribution in [0.4, 0.5) is 0 Å². The zero-order valence-corrected chi connectivity index (χ0v) is 14.9. The van der Waals surface area contributed by atoms with Crippen LogP contribution in [-0.4, -0.2) is 15.2 Å². The van der Waals surface area contributed by atoms with Crippen molar-refractivity contribution in [1.82, 2.24) is 9.55 Å². The van der Waals surface area contributed by atoms with Crippen molar-refractivity contribution in [2.75, 3.05) is 0 Å². The number of hydrogen-bond acceptors (Lipinski definition) is 3. The summed E-state index contributed by atoms with van der Waals surface area (Å²) in [6.45, 7) is 6.36. The second-order valence-corrected chi connectivity index (χ2v) is 7.99. The molecule has 1 aromatic carbocycles. The third-order valence-electron chi connectivity index (χ3n) is 5.86. The summed E-state index contributed by atoms with van der Waals surface area (Å²) < 4.78 is 7.34. The molecule has 1 aliphatic heterocycles. The SMILES string of the molecule is C[C@H]1CC[C@@H]2[C@@H](C1)c1c([nH]c(=O)n(-c3ccccc3)c1=O)OC2(C)C. The molecule has 5 heteroatoms. The van der Waals surface area contributed by atoms with Gasteiger partial charge in [-0.1, -0.05) is 31.5 Å². The Bertz CT molecular complexity index is 911. The van der Waals surface area contributed by atoms with Gasteiger partial charge in [-0.2, -0.15) is 0 Å². The normalized spacial score (nSPS) is 27.1. The van der Waals surface area contributed by atoms with E-state index in [0.29, 0.717) is 29.0 Å². The van der Waals surface area contributed by atoms with Gasteiger partial charge < -0.3 is 4.74 Å². The first-order valence-electron chi connectivity index (χ1n) is 9.02. The maximum Gasteiger partial charge on any atom is 0.335 e. The van der Waals surface area contributed by atoms with Crippen molar-refractivity contribution in [1.29, 1.82) is 0 Å². The smallest absolute Gasteiger partial charge is 0.335 e. The van der Waals surface area contributed by atoms with Crippen LogP contribution in [0.2, 0.25) is 0 Å². The Morgan fingerprint density at radius 2 is 1.88 bits per heavy atom. The Labute approximate surface area is 146 Å². The van der Waals surface area contributed by atoms with Crippen molar-refractivity contribution in [3.05, 3.63) is 56.7 Å². The van der Waals surface area contributed by atoms with Gasteiger partial charge in [0.05, 0.1) is 11.3 Å². The van der Waals surface area contributed by atoms with Gasteiger partial charge in [0.15, 0.2) is 0 Å². The van der Waals surface area contributed by atoms with Gasteiger partial charge in [-0.25, -0.2) is 9.36 Å². The van der Waals surface area contributed by atoms with Crippen molar-refractivity contribution in [3.63, 3.8) is 0 Å². The van der Waals surface area contributed by atoms with Gasteiger partial charge in [0.1, 0.15) is 5.60 Å². The van der Waals surface area contributed by atoms with Crippen LogP contribution in [-0.2, 0) is 0 Å². The topological polar surface area (TPSA) is 64.1 Å². The number of fused-ring (bicyclic) bond motifs is 3. The molecule has 1 aromatic heterocycles. The molecule has 2 heterocycles. The summed E-state index contributed by atoms with van der Waals surface area (Å²) in [6.07, 6.45) is 3.15. The molecular formula is C20H24N2O3. The fourth-order valence-electron chi connectivity index (χ4n) is 4.62. The molecule has 0 spiro atoms. The highest BCUT2D eigenvalue weighted by Crippen LogP contribution is 2.50. The predicted molar refractivity (Wildman–Crippen MR) is 96.6 cm³/mol. The highest BCUT2D eigenvalue weighted by atomic mass is 16.5. The molecule has 3 atom stereocenters. The van der Waals surface area contributed by atoms with Crippen LogP contribution in [0, 0.1) is 11.8 Å². The first kappa shape index (κ1) is 16.2. The number of ether oxygens (including phenoxy) is 1. The molecule has 0 radical (unpaired) electrons. The maximum absolute atomic E-state index is 13.3. The van der Waals surface area contributed by atoms with Crippen molar-refractivity contribution < 1.29 is 4.74 Å². The maximum atomic E-state index is 13.3. The summed E-state index contributed by atoms with van der Waals surface area (Å²) in [7, 11) is 0. The third kappa shape index (κ3) is 2.53. The number of para-hydroxylation sites is 1. The van der Waals surface area contributed by atoms with Crippen LogP contribution < -0.4 is 16.0 Å². The van der Waals surface area contributed by atoms with E-state index in [-0.39, 0.29) is 17.1 Å². The molecule has 132 valence electrons. The molecule has 0 unspecified atom stereocenters. The fraction of sp³-hybridized carbons (Fsp3) is 0.500. The molecule has 1 fully saturated rings. The number of rotatable bonds is 1. The van der Waals surface area contributed by atoms with Crippen molar-refractivity contribution in [2.24, 2.45) is 11.8 Å². The molecule has 1 saturated carbocycles. The van der Waals surface area contributed by atoms with Gasteiger partial charge >= 0.3 is 5.69 Å². The molecule has 2 aromatic rings. The van der Waals surface area contributed by atoms with E-state index in [1.807, 2.05) is 18.2 Å². The van der Waals surface area contributed by atoms with E-state index in [1.165, 1.54) is 4.57 Å². The first-order valence-corrected chi connectivity index (χ1v) is 9.02. The van der Waals surface area contributed by atoms with E-state index in [1.54, 1.807) is 12.1 Å². The van der Waals surface area contributed by atoms with E-state index < -0.39 is 5.69 Å². The number of H-pyrrole nitrogens is 1. The number of nitrogens with zero attached hydrogens (tertiary/aromatic N) is 1. The van der Waals surface area contributed by atoms with E-state index in [4.69, 9.17) is 4.74 Å². The minimum atomic E-state index is -0.451. The number of hydrogen-bond donors (Lipinski definition) is 1. The summed E-state index contributed by atoms with van der Waals surface area (Å²) in [4.78, 5) is 28.7. The fourth-order valence-corrected chi connectivity index (χ4v) is 4.62. The average Bonchev–Trinajstić information content (AvgIpc) is 2.54. The average molecular weight is 340 g/mol. The summed E-state index contributed by atoms with van der Waals surface area (Å²) in [5.41, 5.74) is 0.144. The molecule has 2 aliphatic rings. The molecule has 0 bridgehead atoms. The monoisotopic (exact) mass is 340 g/mol. The molecule has 4 rings (SSSR count). The van der Waals surface area contributed by atoms with Gasteiger partial charge in [0.2, 0.25) is 5.88 Å². The number of aromatic nitrogens is 2. The highest BCUT2D eigenvalue weighted by molar-refractivity contribution is 5.38. The Hall–Kier alpha value is -2.30. The van der Waals surface area contributed by atoms with E-state index in [0.717, 1.165) is 19.3 Å². The second-order valence-electron chi connectivity index (χ2n) is 7.99. The van der Waals surface area contributed by atoms with Gasteiger partial charge in [0, 0.05) is 11.8 Å². The van der Waals surface area contributed by atoms with E-state index >= 15 is 0 Å². The summed E-state index contributed by atoms with van der Waals surface area (Å²) >= 11 is 0. The summed E-state index contributed by atoms with van der Waals surface area (Å²) in [5, 5.41) is 0. The molecule has 1 N–H and O–H groups in total. The quantitative estimate of drug-likeness (QED) is 0.867. The lowest BCUT2D eigenvalue weighted by Crippen LogP contribution is -2.51. The van der Waals surface area contributed by atoms with Gasteiger partial charge in [-0.05, 0) is 44.7 Å². The molecule has 25 heavy (non-hydrogen) atoms. The van der Waals surface area contributed by atoms with Gasteiger partial charge in [-0.3, -0.25) is 9.78 Å². The lowest BCUT2D eigenvalue weighted by Gasteiger charge is -2.47. The highest BCUT2D eigenvalue weighted by Gasteiger charge is 2.48. The summed E-state index contributed by atoms with van der Waals surface area (Å²) in [5.74, 6) is 1.35. The molecular weight excluding hydrogens is 316 g/mol. The largest absolute Gasteiger partial charge is 0.472 e. The van der Waals surface area contributed by atoms with Crippen LogP contribution in [0.25, 0.3) is 5.69 Å². The van der Waals surface area contributed by atoms with Gasteiger partial charge in [-0.15, -0.1) is 0 Å². The number of benzene rings is 1.